The molecular formula is C21H26ClN3O3. The lowest BCUT2D eigenvalue weighted by atomic mass is 10.1. The van der Waals surface area contributed by atoms with E-state index in [4.69, 9.17) is 10.5 Å². The average Bonchev–Trinajstić information content (AvgIpc) is 2.73. The van der Waals surface area contributed by atoms with E-state index in [1.165, 1.54) is 0 Å². The monoisotopic (exact) mass is 403 g/mol. The second-order valence-electron chi connectivity index (χ2n) is 6.60. The van der Waals surface area contributed by atoms with Gasteiger partial charge in [0.2, 0.25) is 5.91 Å². The van der Waals surface area contributed by atoms with E-state index < -0.39 is 0 Å². The molecule has 0 radical (unpaired) electrons. The van der Waals surface area contributed by atoms with Crippen molar-refractivity contribution in [2.24, 2.45) is 5.73 Å². The van der Waals surface area contributed by atoms with Gasteiger partial charge < -0.3 is 20.3 Å². The lowest BCUT2D eigenvalue weighted by molar-refractivity contribution is -0.131. The van der Waals surface area contributed by atoms with Gasteiger partial charge in [0.05, 0.1) is 13.5 Å². The van der Waals surface area contributed by atoms with Crippen LogP contribution in [-0.4, -0.2) is 54.9 Å². The summed E-state index contributed by atoms with van der Waals surface area (Å²) in [6.07, 6.45) is 0.339. The molecule has 6 nitrogen and oxygen atoms in total. The molecule has 1 fully saturated rings. The molecule has 2 amide bonds. The number of amides is 2. The van der Waals surface area contributed by atoms with E-state index in [9.17, 15) is 9.59 Å². The van der Waals surface area contributed by atoms with E-state index in [0.29, 0.717) is 44.7 Å². The quantitative estimate of drug-likeness (QED) is 0.829. The number of rotatable bonds is 5. The Morgan fingerprint density at radius 2 is 1.61 bits per heavy atom. The van der Waals surface area contributed by atoms with Gasteiger partial charge >= 0.3 is 0 Å². The summed E-state index contributed by atoms with van der Waals surface area (Å²) in [6, 6.07) is 14.9. The first-order chi connectivity index (χ1) is 13.1. The van der Waals surface area contributed by atoms with Crippen molar-refractivity contribution < 1.29 is 14.3 Å². The van der Waals surface area contributed by atoms with Gasteiger partial charge in [0.25, 0.3) is 5.91 Å². The maximum atomic E-state index is 12.6. The minimum Gasteiger partial charge on any atom is -0.497 e. The fourth-order valence-electron chi connectivity index (χ4n) is 3.19. The van der Waals surface area contributed by atoms with Crippen LogP contribution in [0, 0.1) is 0 Å². The summed E-state index contributed by atoms with van der Waals surface area (Å²) in [4.78, 5) is 28.8. The van der Waals surface area contributed by atoms with Gasteiger partial charge in [-0.3, -0.25) is 9.59 Å². The molecule has 7 heteroatoms. The molecule has 0 aromatic heterocycles. The van der Waals surface area contributed by atoms with E-state index in [1.807, 2.05) is 53.4 Å². The molecule has 0 unspecified atom stereocenters. The Bertz CT molecular complexity index is 803. The number of ether oxygens (including phenoxy) is 1. The van der Waals surface area contributed by atoms with Crippen LogP contribution in [0.25, 0.3) is 0 Å². The van der Waals surface area contributed by atoms with Crippen molar-refractivity contribution in [3.05, 3.63) is 65.2 Å². The van der Waals surface area contributed by atoms with Gasteiger partial charge in [-0.25, -0.2) is 0 Å². The third-order valence-electron chi connectivity index (χ3n) is 4.85. The maximum absolute atomic E-state index is 12.6. The van der Waals surface area contributed by atoms with Gasteiger partial charge in [-0.15, -0.1) is 12.4 Å². The van der Waals surface area contributed by atoms with Crippen LogP contribution < -0.4 is 10.5 Å². The van der Waals surface area contributed by atoms with Crippen molar-refractivity contribution in [2.75, 3.05) is 33.3 Å². The number of piperazine rings is 1. The van der Waals surface area contributed by atoms with Crippen LogP contribution >= 0.6 is 12.4 Å². The molecule has 0 saturated carbocycles. The van der Waals surface area contributed by atoms with Gasteiger partial charge in [0, 0.05) is 38.3 Å². The van der Waals surface area contributed by atoms with Gasteiger partial charge in [0.1, 0.15) is 5.75 Å². The third-order valence-corrected chi connectivity index (χ3v) is 4.85. The van der Waals surface area contributed by atoms with E-state index in [-0.39, 0.29) is 24.2 Å². The molecule has 1 saturated heterocycles. The normalized spacial score (nSPS) is 13.6. The van der Waals surface area contributed by atoms with E-state index >= 15 is 0 Å². The lowest BCUT2D eigenvalue weighted by Crippen LogP contribution is -2.51. The molecule has 0 bridgehead atoms. The van der Waals surface area contributed by atoms with Crippen molar-refractivity contribution in [3.8, 4) is 5.75 Å². The van der Waals surface area contributed by atoms with Gasteiger partial charge in [-0.2, -0.15) is 0 Å². The first-order valence-electron chi connectivity index (χ1n) is 9.09. The lowest BCUT2D eigenvalue weighted by Gasteiger charge is -2.35. The zero-order valence-corrected chi connectivity index (χ0v) is 16.8. The molecule has 3 rings (SSSR count). The highest BCUT2D eigenvalue weighted by Gasteiger charge is 2.24. The minimum atomic E-state index is -0.00142. The molecule has 150 valence electrons. The molecular weight excluding hydrogens is 378 g/mol. The van der Waals surface area contributed by atoms with E-state index in [2.05, 4.69) is 0 Å². The smallest absolute Gasteiger partial charge is 0.253 e. The molecule has 2 N–H and O–H groups in total. The number of benzene rings is 2. The van der Waals surface area contributed by atoms with Crippen LogP contribution in [0.1, 0.15) is 21.5 Å². The fourth-order valence-corrected chi connectivity index (χ4v) is 3.19. The predicted molar refractivity (Wildman–Crippen MR) is 111 cm³/mol. The number of carbonyl (C=O) groups is 2. The summed E-state index contributed by atoms with van der Waals surface area (Å²) < 4.78 is 5.20. The van der Waals surface area contributed by atoms with Crippen LogP contribution in [0.15, 0.2) is 48.5 Å². The molecule has 2 aromatic rings. The maximum Gasteiger partial charge on any atom is 0.253 e. The van der Waals surface area contributed by atoms with Gasteiger partial charge in [-0.1, -0.05) is 24.3 Å². The molecule has 1 aliphatic rings. The molecule has 28 heavy (non-hydrogen) atoms. The predicted octanol–water partition coefficient (Wildman–Crippen LogP) is 2.10. The standard InChI is InChI=1S/C21H25N3O3.ClH/c1-27-19-4-2-3-17(13-19)14-20(25)23-9-11-24(12-10-23)21(26)18-7-5-16(15-22)6-8-18;/h2-8,13H,9-12,14-15,22H2,1H3;1H. The average molecular weight is 404 g/mol. The number of methoxy groups -OCH3 is 1. The van der Waals surface area contributed by atoms with Crippen LogP contribution in [0.2, 0.25) is 0 Å². The number of halogens is 1. The van der Waals surface area contributed by atoms with Crippen molar-refractivity contribution in [2.45, 2.75) is 13.0 Å². The number of nitrogens with two attached hydrogens (primary N) is 1. The number of nitrogens with zero attached hydrogens (tertiary/aromatic N) is 2. The molecule has 1 aliphatic heterocycles. The Balaban J connectivity index is 0.00000280. The highest BCUT2D eigenvalue weighted by atomic mass is 35.5. The van der Waals surface area contributed by atoms with Crippen LogP contribution in [0.5, 0.6) is 5.75 Å². The van der Waals surface area contributed by atoms with Crippen molar-refractivity contribution in [3.63, 3.8) is 0 Å². The second-order valence-corrected chi connectivity index (χ2v) is 6.60. The topological polar surface area (TPSA) is 75.9 Å². The number of hydrogen-bond donors (Lipinski definition) is 1. The Morgan fingerprint density at radius 1 is 0.964 bits per heavy atom. The van der Waals surface area contributed by atoms with Gasteiger partial charge in [-0.05, 0) is 35.4 Å². The molecule has 0 aliphatic carbocycles. The molecule has 1 heterocycles. The van der Waals surface area contributed by atoms with E-state index in [0.717, 1.165) is 16.9 Å². The number of hydrogen-bond acceptors (Lipinski definition) is 4. The summed E-state index contributed by atoms with van der Waals surface area (Å²) in [5.74, 6) is 0.817. The summed E-state index contributed by atoms with van der Waals surface area (Å²) in [6.45, 7) is 2.65. The third kappa shape index (κ3) is 5.24. The van der Waals surface area contributed by atoms with Crippen molar-refractivity contribution >= 4 is 24.2 Å². The summed E-state index contributed by atoms with van der Waals surface area (Å²) in [5.41, 5.74) is 8.18. The highest BCUT2D eigenvalue weighted by Crippen LogP contribution is 2.15. The van der Waals surface area contributed by atoms with Crippen molar-refractivity contribution in [1.82, 2.24) is 9.80 Å². The molecule has 0 spiro atoms. The summed E-state index contributed by atoms with van der Waals surface area (Å²) >= 11 is 0. The minimum absolute atomic E-state index is 0. The van der Waals surface area contributed by atoms with Gasteiger partial charge in [0.15, 0.2) is 0 Å². The highest BCUT2D eigenvalue weighted by molar-refractivity contribution is 5.94. The first-order valence-corrected chi connectivity index (χ1v) is 9.09. The van der Waals surface area contributed by atoms with E-state index in [1.54, 1.807) is 12.0 Å². The van der Waals surface area contributed by atoms with Crippen LogP contribution in [0.4, 0.5) is 0 Å². The van der Waals surface area contributed by atoms with Crippen LogP contribution in [-0.2, 0) is 17.8 Å². The fraction of sp³-hybridized carbons (Fsp3) is 0.333. The largest absolute Gasteiger partial charge is 0.497 e. The first kappa shape index (κ1) is 21.7. The zero-order chi connectivity index (χ0) is 19.2. The Morgan fingerprint density at radius 3 is 2.21 bits per heavy atom. The molecule has 2 aromatic carbocycles. The van der Waals surface area contributed by atoms with Crippen LogP contribution in [0.3, 0.4) is 0 Å². The Kier molecular flexibility index (Phi) is 7.84. The number of carbonyl (C=O) groups excluding carboxylic acids is 2. The SMILES string of the molecule is COc1cccc(CC(=O)N2CCN(C(=O)c3ccc(CN)cc3)CC2)c1.Cl. The Hall–Kier alpha value is -2.57. The molecule has 0 atom stereocenters. The Labute approximate surface area is 171 Å². The summed E-state index contributed by atoms with van der Waals surface area (Å²) in [5, 5.41) is 0. The second kappa shape index (κ2) is 10.1. The zero-order valence-electron chi connectivity index (χ0n) is 16.0. The summed E-state index contributed by atoms with van der Waals surface area (Å²) in [7, 11) is 1.61. The van der Waals surface area contributed by atoms with Crippen molar-refractivity contribution in [1.29, 1.82) is 0 Å².